The number of halogens is 3. The standard InChI is InChI=1S/C27H34BrF2O5PS2/c1-25(2,3)34-36(31,35-26(4,5)6)27(29,30)23-15-14-21(18-24(23)28)19-37-16-9-8-11-20-12-10-13-22(17-20)38(7,32)33/h10,12-15,17-18H,9,16,19H2,1-7H3. The molecule has 0 aromatic heterocycles. The van der Waals surface area contributed by atoms with Gasteiger partial charge in [-0.1, -0.05) is 46.0 Å². The van der Waals surface area contributed by atoms with Gasteiger partial charge in [0.25, 0.3) is 0 Å². The highest BCUT2D eigenvalue weighted by molar-refractivity contribution is 9.10. The van der Waals surface area contributed by atoms with Crippen LogP contribution in [-0.4, -0.2) is 31.6 Å². The predicted octanol–water partition coefficient (Wildman–Crippen LogP) is 8.40. The highest BCUT2D eigenvalue weighted by Crippen LogP contribution is 2.70. The SMILES string of the molecule is CC(C)(C)OP(=O)(OC(C)(C)C)C(F)(F)c1ccc(CSCCC#Cc2cccc(S(C)(=O)=O)c2)cc1Br. The van der Waals surface area contributed by atoms with Gasteiger partial charge < -0.3 is 0 Å². The van der Waals surface area contributed by atoms with Crippen molar-refractivity contribution in [1.82, 2.24) is 0 Å². The molecule has 5 nitrogen and oxygen atoms in total. The summed E-state index contributed by atoms with van der Waals surface area (Å²) in [5, 5.41) is 0. The second kappa shape index (κ2) is 12.5. The third-order valence-corrected chi connectivity index (χ3v) is 9.93. The highest BCUT2D eigenvalue weighted by Gasteiger charge is 2.59. The van der Waals surface area contributed by atoms with Crippen LogP contribution in [0.2, 0.25) is 0 Å². The van der Waals surface area contributed by atoms with Crippen LogP contribution >= 0.6 is 35.3 Å². The fourth-order valence-electron chi connectivity index (χ4n) is 3.18. The average Bonchev–Trinajstić information content (AvgIpc) is 2.73. The van der Waals surface area contributed by atoms with Gasteiger partial charge in [0.2, 0.25) is 0 Å². The fourth-order valence-corrected chi connectivity index (χ4v) is 7.68. The summed E-state index contributed by atoms with van der Waals surface area (Å²) in [5.74, 6) is 7.25. The number of rotatable bonds is 9. The van der Waals surface area contributed by atoms with Crippen LogP contribution in [-0.2, 0) is 34.9 Å². The minimum absolute atomic E-state index is 0.112. The van der Waals surface area contributed by atoms with E-state index in [-0.39, 0.29) is 9.37 Å². The maximum atomic E-state index is 15.7. The van der Waals surface area contributed by atoms with Gasteiger partial charge in [0.05, 0.1) is 16.1 Å². The molecular formula is C27H34BrF2O5PS2. The summed E-state index contributed by atoms with van der Waals surface area (Å²) in [7, 11) is -8.21. The van der Waals surface area contributed by atoms with Crippen molar-refractivity contribution in [2.75, 3.05) is 12.0 Å². The van der Waals surface area contributed by atoms with E-state index in [0.717, 1.165) is 11.8 Å². The third-order valence-electron chi connectivity index (χ3n) is 4.62. The molecule has 38 heavy (non-hydrogen) atoms. The topological polar surface area (TPSA) is 69.7 Å². The van der Waals surface area contributed by atoms with Crippen LogP contribution in [0.5, 0.6) is 0 Å². The van der Waals surface area contributed by atoms with Gasteiger partial charge in [0.1, 0.15) is 0 Å². The largest absolute Gasteiger partial charge is 0.405 e. The van der Waals surface area contributed by atoms with Crippen molar-refractivity contribution < 1.29 is 30.8 Å². The van der Waals surface area contributed by atoms with Gasteiger partial charge >= 0.3 is 13.3 Å². The molecular weight excluding hydrogens is 617 g/mol. The van der Waals surface area contributed by atoms with Gasteiger partial charge in [0, 0.05) is 39.8 Å². The summed E-state index contributed by atoms with van der Waals surface area (Å²) in [5.41, 5.74) is -5.16. The molecule has 0 spiro atoms. The summed E-state index contributed by atoms with van der Waals surface area (Å²) in [4.78, 5) is 0.226. The van der Waals surface area contributed by atoms with Crippen molar-refractivity contribution in [3.8, 4) is 11.8 Å². The van der Waals surface area contributed by atoms with Crippen LogP contribution in [0, 0.1) is 11.8 Å². The van der Waals surface area contributed by atoms with Gasteiger partial charge in [0.15, 0.2) is 9.84 Å². The number of sulfone groups is 1. The van der Waals surface area contributed by atoms with Crippen LogP contribution in [0.25, 0.3) is 0 Å². The van der Waals surface area contributed by atoms with Crippen LogP contribution < -0.4 is 0 Å². The summed E-state index contributed by atoms with van der Waals surface area (Å²) in [6, 6.07) is 10.9. The van der Waals surface area contributed by atoms with Crippen molar-refractivity contribution in [3.63, 3.8) is 0 Å². The van der Waals surface area contributed by atoms with Crippen LogP contribution in [0.1, 0.15) is 64.7 Å². The first-order valence-electron chi connectivity index (χ1n) is 11.8. The lowest BCUT2D eigenvalue weighted by atomic mass is 10.1. The predicted molar refractivity (Wildman–Crippen MR) is 155 cm³/mol. The Balaban J connectivity index is 2.08. The molecule has 11 heteroatoms. The minimum atomic E-state index is -4.92. The highest BCUT2D eigenvalue weighted by atomic mass is 79.9. The summed E-state index contributed by atoms with van der Waals surface area (Å²) in [6.45, 7) is 9.30. The fraction of sp³-hybridized carbons (Fsp3) is 0.481. The Morgan fingerprint density at radius 2 is 1.61 bits per heavy atom. The molecule has 0 saturated heterocycles. The first-order valence-corrected chi connectivity index (χ1v) is 17.2. The molecule has 2 aromatic carbocycles. The molecule has 0 aliphatic carbocycles. The quantitative estimate of drug-likeness (QED) is 0.154. The van der Waals surface area contributed by atoms with E-state index >= 15 is 8.78 Å². The Labute approximate surface area is 238 Å². The van der Waals surface area contributed by atoms with E-state index in [9.17, 15) is 13.0 Å². The minimum Gasteiger partial charge on any atom is -0.298 e. The molecule has 0 amide bonds. The van der Waals surface area contributed by atoms with E-state index in [1.165, 1.54) is 12.1 Å². The maximum Gasteiger partial charge on any atom is 0.405 e. The zero-order valence-corrected chi connectivity index (χ0v) is 26.7. The molecule has 210 valence electrons. The van der Waals surface area contributed by atoms with Crippen molar-refractivity contribution >= 4 is 45.1 Å². The van der Waals surface area contributed by atoms with E-state index in [2.05, 4.69) is 27.8 Å². The summed E-state index contributed by atoms with van der Waals surface area (Å²) in [6.07, 6.45) is 1.72. The van der Waals surface area contributed by atoms with Gasteiger partial charge in [-0.2, -0.15) is 20.5 Å². The summed E-state index contributed by atoms with van der Waals surface area (Å²) < 4.78 is 79.1. The monoisotopic (exact) mass is 650 g/mol. The number of thioether (sulfide) groups is 1. The van der Waals surface area contributed by atoms with Crippen molar-refractivity contribution in [1.29, 1.82) is 0 Å². The zero-order valence-electron chi connectivity index (χ0n) is 22.6. The number of alkyl halides is 2. The van der Waals surface area contributed by atoms with E-state index in [4.69, 9.17) is 9.05 Å². The molecule has 0 atom stereocenters. The zero-order chi connectivity index (χ0) is 29.0. The number of hydrogen-bond donors (Lipinski definition) is 0. The van der Waals surface area contributed by atoms with Crippen LogP contribution in [0.3, 0.4) is 0 Å². The van der Waals surface area contributed by atoms with E-state index in [0.29, 0.717) is 23.5 Å². The lowest BCUT2D eigenvalue weighted by Gasteiger charge is -2.36. The lowest BCUT2D eigenvalue weighted by Crippen LogP contribution is -2.30. The van der Waals surface area contributed by atoms with Crippen LogP contribution in [0.4, 0.5) is 8.78 Å². The van der Waals surface area contributed by atoms with E-state index < -0.39 is 39.9 Å². The normalized spacial score (nSPS) is 13.2. The maximum absolute atomic E-state index is 15.7. The molecule has 0 bridgehead atoms. The molecule has 0 aliphatic heterocycles. The molecule has 0 fully saturated rings. The Bertz CT molecular complexity index is 1330. The Kier molecular flexibility index (Phi) is 10.9. The molecule has 2 aromatic rings. The third kappa shape index (κ3) is 9.76. The molecule has 0 saturated carbocycles. The Morgan fingerprint density at radius 1 is 1.00 bits per heavy atom. The van der Waals surface area contributed by atoms with E-state index in [1.807, 2.05) is 0 Å². The van der Waals surface area contributed by atoms with Crippen molar-refractivity contribution in [2.45, 2.75) is 75.5 Å². The molecule has 0 radical (unpaired) electrons. The first-order chi connectivity index (χ1) is 17.2. The second-order valence-electron chi connectivity index (χ2n) is 10.7. The van der Waals surface area contributed by atoms with E-state index in [1.54, 1.807) is 83.6 Å². The van der Waals surface area contributed by atoms with Crippen molar-refractivity contribution in [3.05, 3.63) is 63.6 Å². The van der Waals surface area contributed by atoms with Gasteiger partial charge in [-0.25, -0.2) is 8.42 Å². The lowest BCUT2D eigenvalue weighted by molar-refractivity contribution is -0.0216. The number of benzene rings is 2. The second-order valence-corrected chi connectivity index (χ2v) is 16.6. The molecule has 0 aliphatic rings. The molecule has 0 N–H and O–H groups in total. The van der Waals surface area contributed by atoms with Crippen LogP contribution in [0.15, 0.2) is 51.8 Å². The average molecular weight is 652 g/mol. The Morgan fingerprint density at radius 3 is 2.13 bits per heavy atom. The molecule has 2 rings (SSSR count). The summed E-state index contributed by atoms with van der Waals surface area (Å²) >= 11 is 4.81. The molecule has 0 heterocycles. The Hall–Kier alpha value is -1.21. The van der Waals surface area contributed by atoms with Gasteiger partial charge in [-0.15, -0.1) is 0 Å². The van der Waals surface area contributed by atoms with Crippen molar-refractivity contribution in [2.24, 2.45) is 0 Å². The first kappa shape index (κ1) is 33.0. The smallest absolute Gasteiger partial charge is 0.298 e. The molecule has 0 unspecified atom stereocenters. The van der Waals surface area contributed by atoms with Gasteiger partial charge in [-0.05, 0) is 71.4 Å². The number of hydrogen-bond acceptors (Lipinski definition) is 6. The van der Waals surface area contributed by atoms with Gasteiger partial charge in [-0.3, -0.25) is 13.6 Å².